The summed E-state index contributed by atoms with van der Waals surface area (Å²) >= 11 is 3.47. The first-order valence-electron chi connectivity index (χ1n) is 6.83. The summed E-state index contributed by atoms with van der Waals surface area (Å²) in [5.41, 5.74) is 0. The van der Waals surface area contributed by atoms with Crippen molar-refractivity contribution in [1.82, 2.24) is 0 Å². The van der Waals surface area contributed by atoms with Gasteiger partial charge in [0.1, 0.15) is 5.75 Å². The van der Waals surface area contributed by atoms with Gasteiger partial charge in [-0.15, -0.1) is 23.5 Å². The summed E-state index contributed by atoms with van der Waals surface area (Å²) in [5.74, 6) is 0.369. The lowest BCUT2D eigenvalue weighted by Gasteiger charge is -2.30. The number of carbonyl (C=O) groups is 1. The number of rotatable bonds is 6. The van der Waals surface area contributed by atoms with Gasteiger partial charge in [0, 0.05) is 15.4 Å². The molecule has 0 amide bonds. The number of carboxylic acid groups (broad SMARTS) is 1. The molecule has 1 aromatic carbocycles. The van der Waals surface area contributed by atoms with Gasteiger partial charge in [-0.25, -0.2) is 0 Å². The van der Waals surface area contributed by atoms with Crippen LogP contribution in [0.15, 0.2) is 29.2 Å². The molecule has 2 rings (SSSR count). The Labute approximate surface area is 128 Å². The van der Waals surface area contributed by atoms with Crippen molar-refractivity contribution in [2.75, 3.05) is 12.9 Å². The van der Waals surface area contributed by atoms with Gasteiger partial charge in [-0.2, -0.15) is 0 Å². The highest BCUT2D eigenvalue weighted by molar-refractivity contribution is 8.04. The van der Waals surface area contributed by atoms with Gasteiger partial charge in [-0.3, -0.25) is 4.79 Å². The fourth-order valence-electron chi connectivity index (χ4n) is 2.40. The first kappa shape index (κ1) is 15.6. The van der Waals surface area contributed by atoms with Gasteiger partial charge in [-0.05, 0) is 37.1 Å². The van der Waals surface area contributed by atoms with Gasteiger partial charge in [-0.1, -0.05) is 12.8 Å². The molecule has 1 aromatic rings. The normalized spacial score (nSPS) is 22.4. The van der Waals surface area contributed by atoms with Crippen LogP contribution in [-0.2, 0) is 4.79 Å². The molecular weight excluding hydrogens is 292 g/mol. The second-order valence-corrected chi connectivity index (χ2v) is 7.40. The molecule has 3 nitrogen and oxygen atoms in total. The number of ether oxygens (including phenoxy) is 1. The Morgan fingerprint density at radius 1 is 1.25 bits per heavy atom. The molecule has 5 heteroatoms. The third-order valence-electron chi connectivity index (χ3n) is 3.41. The van der Waals surface area contributed by atoms with E-state index in [2.05, 4.69) is 12.1 Å². The number of hydrogen-bond acceptors (Lipinski definition) is 4. The number of carboxylic acids is 1. The molecule has 0 aromatic heterocycles. The maximum Gasteiger partial charge on any atom is 0.313 e. The number of benzene rings is 1. The maximum atomic E-state index is 10.7. The van der Waals surface area contributed by atoms with E-state index in [1.807, 2.05) is 23.9 Å². The summed E-state index contributed by atoms with van der Waals surface area (Å²) in [5, 5.41) is 9.80. The van der Waals surface area contributed by atoms with Crippen molar-refractivity contribution < 1.29 is 14.6 Å². The number of hydrogen-bond donors (Lipinski definition) is 1. The Morgan fingerprint density at radius 2 is 1.90 bits per heavy atom. The Kier molecular flexibility index (Phi) is 6.10. The number of thioether (sulfide) groups is 2. The fraction of sp³-hybridized carbons (Fsp3) is 0.533. The molecule has 0 saturated heterocycles. The molecule has 0 heterocycles. The molecule has 1 N–H and O–H groups in total. The van der Waals surface area contributed by atoms with E-state index in [-0.39, 0.29) is 5.75 Å². The highest BCUT2D eigenvalue weighted by Crippen LogP contribution is 2.39. The van der Waals surface area contributed by atoms with Crippen molar-refractivity contribution in [3.63, 3.8) is 0 Å². The lowest BCUT2D eigenvalue weighted by Crippen LogP contribution is -2.25. The first-order chi connectivity index (χ1) is 9.69. The predicted molar refractivity (Wildman–Crippen MR) is 85.0 cm³/mol. The highest BCUT2D eigenvalue weighted by Gasteiger charge is 2.26. The molecular formula is C15H20O3S2. The van der Waals surface area contributed by atoms with Gasteiger partial charge >= 0.3 is 5.97 Å². The minimum Gasteiger partial charge on any atom is -0.497 e. The highest BCUT2D eigenvalue weighted by atomic mass is 32.2. The van der Waals surface area contributed by atoms with E-state index >= 15 is 0 Å². The van der Waals surface area contributed by atoms with Gasteiger partial charge in [0.15, 0.2) is 0 Å². The van der Waals surface area contributed by atoms with Gasteiger partial charge in [0.2, 0.25) is 0 Å². The molecule has 0 aliphatic heterocycles. The van der Waals surface area contributed by atoms with Gasteiger partial charge < -0.3 is 9.84 Å². The van der Waals surface area contributed by atoms with Crippen LogP contribution in [0.5, 0.6) is 5.75 Å². The van der Waals surface area contributed by atoms with Crippen LogP contribution in [-0.4, -0.2) is 34.4 Å². The van der Waals surface area contributed by atoms with Crippen LogP contribution in [0.3, 0.4) is 0 Å². The summed E-state index contributed by atoms with van der Waals surface area (Å²) < 4.78 is 5.17. The SMILES string of the molecule is COc1ccc(SC2CCCCC2SCC(=O)O)cc1. The third kappa shape index (κ3) is 4.63. The second kappa shape index (κ2) is 7.84. The van der Waals surface area contributed by atoms with Crippen LogP contribution >= 0.6 is 23.5 Å². The van der Waals surface area contributed by atoms with E-state index in [1.54, 1.807) is 18.9 Å². The van der Waals surface area contributed by atoms with Crippen LogP contribution in [0.1, 0.15) is 25.7 Å². The molecule has 0 spiro atoms. The minimum atomic E-state index is -0.714. The summed E-state index contributed by atoms with van der Waals surface area (Å²) in [6, 6.07) is 8.11. The zero-order valence-corrected chi connectivity index (χ0v) is 13.2. The summed E-state index contributed by atoms with van der Waals surface area (Å²) in [4.78, 5) is 12.0. The van der Waals surface area contributed by atoms with Crippen LogP contribution in [0, 0.1) is 0 Å². The van der Waals surface area contributed by atoms with E-state index in [0.717, 1.165) is 12.2 Å². The molecule has 2 atom stereocenters. The topological polar surface area (TPSA) is 46.5 Å². The minimum absolute atomic E-state index is 0.213. The monoisotopic (exact) mass is 312 g/mol. The van der Waals surface area contributed by atoms with Crippen molar-refractivity contribution in [2.24, 2.45) is 0 Å². The first-order valence-corrected chi connectivity index (χ1v) is 8.76. The van der Waals surface area contributed by atoms with Crippen molar-refractivity contribution in [3.05, 3.63) is 24.3 Å². The summed E-state index contributed by atoms with van der Waals surface area (Å²) in [7, 11) is 1.67. The second-order valence-electron chi connectivity index (χ2n) is 4.86. The maximum absolute atomic E-state index is 10.7. The average molecular weight is 312 g/mol. The number of aliphatic carboxylic acids is 1. The van der Waals surface area contributed by atoms with Crippen LogP contribution in [0.25, 0.3) is 0 Å². The standard InChI is InChI=1S/C15H20O3S2/c1-18-11-6-8-12(9-7-11)20-14-5-3-2-4-13(14)19-10-15(16)17/h6-9,13-14H,2-5,10H2,1H3,(H,16,17). The quantitative estimate of drug-likeness (QED) is 0.862. The number of methoxy groups -OCH3 is 1. The molecule has 0 radical (unpaired) electrons. The molecule has 0 bridgehead atoms. The van der Waals surface area contributed by atoms with Crippen molar-refractivity contribution in [3.8, 4) is 5.75 Å². The van der Waals surface area contributed by atoms with E-state index < -0.39 is 5.97 Å². The predicted octanol–water partition coefficient (Wildman–Crippen LogP) is 3.92. The van der Waals surface area contributed by atoms with Crippen molar-refractivity contribution in [1.29, 1.82) is 0 Å². The smallest absolute Gasteiger partial charge is 0.313 e. The Morgan fingerprint density at radius 3 is 2.50 bits per heavy atom. The van der Waals surface area contributed by atoms with Crippen LogP contribution in [0.2, 0.25) is 0 Å². The zero-order chi connectivity index (χ0) is 14.4. The summed E-state index contributed by atoms with van der Waals surface area (Å²) in [6.45, 7) is 0. The fourth-order valence-corrected chi connectivity index (χ4v) is 5.05. The van der Waals surface area contributed by atoms with E-state index in [9.17, 15) is 4.79 Å². The van der Waals surface area contributed by atoms with Crippen molar-refractivity contribution >= 4 is 29.5 Å². The third-order valence-corrected chi connectivity index (χ3v) is 6.40. The average Bonchev–Trinajstić information content (AvgIpc) is 2.47. The molecule has 1 fully saturated rings. The lowest BCUT2D eigenvalue weighted by molar-refractivity contribution is -0.133. The van der Waals surface area contributed by atoms with Gasteiger partial charge in [0.25, 0.3) is 0 Å². The molecule has 1 aliphatic carbocycles. The zero-order valence-electron chi connectivity index (χ0n) is 11.6. The Hall–Kier alpha value is -0.810. The molecule has 1 saturated carbocycles. The van der Waals surface area contributed by atoms with Gasteiger partial charge in [0.05, 0.1) is 12.9 Å². The van der Waals surface area contributed by atoms with E-state index in [1.165, 1.54) is 24.2 Å². The lowest BCUT2D eigenvalue weighted by atomic mass is 10.00. The molecule has 2 unspecified atom stereocenters. The molecule has 1 aliphatic rings. The van der Waals surface area contributed by atoms with E-state index in [0.29, 0.717) is 10.5 Å². The van der Waals surface area contributed by atoms with Crippen LogP contribution < -0.4 is 4.74 Å². The largest absolute Gasteiger partial charge is 0.497 e. The molecule has 110 valence electrons. The Balaban J connectivity index is 1.94. The summed E-state index contributed by atoms with van der Waals surface area (Å²) in [6.07, 6.45) is 4.77. The van der Waals surface area contributed by atoms with Crippen molar-refractivity contribution in [2.45, 2.75) is 41.1 Å². The Bertz CT molecular complexity index is 433. The van der Waals surface area contributed by atoms with Crippen LogP contribution in [0.4, 0.5) is 0 Å². The molecule has 20 heavy (non-hydrogen) atoms. The van der Waals surface area contributed by atoms with E-state index in [4.69, 9.17) is 9.84 Å².